The number of aryl methyl sites for hydroxylation is 1. The molecule has 2 rings (SSSR count). The van der Waals surface area contributed by atoms with Gasteiger partial charge in [-0.1, -0.05) is 5.21 Å². The van der Waals surface area contributed by atoms with Gasteiger partial charge in [0.05, 0.1) is 25.1 Å². The molecule has 0 spiro atoms. The first-order chi connectivity index (χ1) is 10.3. The van der Waals surface area contributed by atoms with Gasteiger partial charge in [-0.2, -0.15) is 0 Å². The van der Waals surface area contributed by atoms with Crippen molar-refractivity contribution in [3.8, 4) is 11.5 Å². The molecule has 1 aromatic carbocycles. The predicted octanol–water partition coefficient (Wildman–Crippen LogP) is 1.78. The topological polar surface area (TPSA) is 75.2 Å². The van der Waals surface area contributed by atoms with Crippen LogP contribution in [0.15, 0.2) is 24.3 Å². The summed E-state index contributed by atoms with van der Waals surface area (Å²) in [6.45, 7) is 3.92. The molecule has 0 atom stereocenters. The van der Waals surface area contributed by atoms with Crippen LogP contribution in [-0.2, 0) is 19.5 Å². The predicted molar refractivity (Wildman–Crippen MR) is 80.4 cm³/mol. The summed E-state index contributed by atoms with van der Waals surface area (Å²) in [5.74, 6) is 1.67. The van der Waals surface area contributed by atoms with Gasteiger partial charge in [0, 0.05) is 13.1 Å². The number of rotatable bonds is 8. The highest BCUT2D eigenvalue weighted by Crippen LogP contribution is 2.17. The molecule has 6 nitrogen and oxygen atoms in total. The van der Waals surface area contributed by atoms with Crippen molar-refractivity contribution in [3.63, 3.8) is 0 Å². The minimum atomic E-state index is 0.425. The van der Waals surface area contributed by atoms with Gasteiger partial charge in [0.25, 0.3) is 0 Å². The third kappa shape index (κ3) is 3.95. The maximum absolute atomic E-state index is 5.71. The summed E-state index contributed by atoms with van der Waals surface area (Å²) in [6, 6.07) is 7.58. The monoisotopic (exact) mass is 290 g/mol. The lowest BCUT2D eigenvalue weighted by Gasteiger charge is -2.08. The number of hydrogen-bond acceptors (Lipinski definition) is 5. The molecule has 6 heteroatoms. The lowest BCUT2D eigenvalue weighted by atomic mass is 10.2. The first-order valence-electron chi connectivity index (χ1n) is 7.16. The Morgan fingerprint density at radius 1 is 1.19 bits per heavy atom. The Balaban J connectivity index is 1.82. The molecule has 0 saturated heterocycles. The van der Waals surface area contributed by atoms with Crippen molar-refractivity contribution in [2.75, 3.05) is 13.7 Å². The third-order valence-corrected chi connectivity index (χ3v) is 3.30. The molecule has 1 aromatic heterocycles. The second kappa shape index (κ2) is 7.64. The van der Waals surface area contributed by atoms with Crippen LogP contribution in [0.1, 0.15) is 24.7 Å². The molecule has 0 unspecified atom stereocenters. The first-order valence-corrected chi connectivity index (χ1v) is 7.16. The zero-order valence-electron chi connectivity index (χ0n) is 12.6. The molecule has 0 fully saturated rings. The fraction of sp³-hybridized carbons (Fsp3) is 0.467. The minimum Gasteiger partial charge on any atom is -0.497 e. The van der Waals surface area contributed by atoms with Gasteiger partial charge < -0.3 is 15.2 Å². The molecular formula is C15H22N4O2. The van der Waals surface area contributed by atoms with Crippen LogP contribution in [-0.4, -0.2) is 28.7 Å². The number of ether oxygens (including phenoxy) is 2. The molecule has 1 heterocycles. The van der Waals surface area contributed by atoms with Crippen molar-refractivity contribution in [2.45, 2.75) is 32.9 Å². The molecule has 0 bridgehead atoms. The number of nitrogens with zero attached hydrogens (tertiary/aromatic N) is 3. The van der Waals surface area contributed by atoms with Crippen LogP contribution < -0.4 is 15.2 Å². The summed E-state index contributed by atoms with van der Waals surface area (Å²) < 4.78 is 12.7. The Bertz CT molecular complexity index is 530. The van der Waals surface area contributed by atoms with Crippen molar-refractivity contribution in [1.29, 1.82) is 0 Å². The maximum atomic E-state index is 5.71. The molecule has 2 aromatic rings. The van der Waals surface area contributed by atoms with E-state index in [2.05, 4.69) is 10.3 Å². The maximum Gasteiger partial charge on any atom is 0.119 e. The zero-order valence-corrected chi connectivity index (χ0v) is 12.6. The van der Waals surface area contributed by atoms with Crippen molar-refractivity contribution in [2.24, 2.45) is 5.73 Å². The molecule has 2 N–H and O–H groups in total. The molecule has 0 aliphatic rings. The molecule has 0 aliphatic carbocycles. The van der Waals surface area contributed by atoms with Gasteiger partial charge in [0.15, 0.2) is 0 Å². The smallest absolute Gasteiger partial charge is 0.119 e. The van der Waals surface area contributed by atoms with Gasteiger partial charge >= 0.3 is 0 Å². The number of benzene rings is 1. The summed E-state index contributed by atoms with van der Waals surface area (Å²) in [6.07, 6.45) is 1.76. The largest absolute Gasteiger partial charge is 0.497 e. The molecule has 0 aliphatic heterocycles. The van der Waals surface area contributed by atoms with E-state index in [9.17, 15) is 0 Å². The van der Waals surface area contributed by atoms with Crippen LogP contribution in [0.3, 0.4) is 0 Å². The van der Waals surface area contributed by atoms with Gasteiger partial charge in [-0.05, 0) is 44.0 Å². The summed E-state index contributed by atoms with van der Waals surface area (Å²) >= 11 is 0. The second-order valence-corrected chi connectivity index (χ2v) is 4.63. The SMILES string of the molecule is CCn1nnc(CN)c1CCCOc1ccc(OC)cc1. The average molecular weight is 290 g/mol. The number of methoxy groups -OCH3 is 1. The lowest BCUT2D eigenvalue weighted by Crippen LogP contribution is -2.09. The summed E-state index contributed by atoms with van der Waals surface area (Å²) in [5, 5.41) is 8.19. The Morgan fingerprint density at radius 2 is 1.90 bits per heavy atom. The molecular weight excluding hydrogens is 268 g/mol. The van der Waals surface area contributed by atoms with Gasteiger partial charge in [0.2, 0.25) is 0 Å². The van der Waals surface area contributed by atoms with Crippen LogP contribution in [0.4, 0.5) is 0 Å². The zero-order chi connectivity index (χ0) is 15.1. The normalized spacial score (nSPS) is 10.6. The quantitative estimate of drug-likeness (QED) is 0.750. The van der Waals surface area contributed by atoms with Gasteiger partial charge in [-0.15, -0.1) is 5.10 Å². The standard InChI is InChI=1S/C15H22N4O2/c1-3-19-15(14(11-16)17-18-19)5-4-10-21-13-8-6-12(20-2)7-9-13/h6-9H,3-5,10-11,16H2,1-2H3. The second-order valence-electron chi connectivity index (χ2n) is 4.63. The van der Waals surface area contributed by atoms with E-state index in [1.165, 1.54) is 0 Å². The number of nitrogens with two attached hydrogens (primary N) is 1. The number of hydrogen-bond donors (Lipinski definition) is 1. The highest BCUT2D eigenvalue weighted by Gasteiger charge is 2.10. The van der Waals surface area contributed by atoms with Crippen LogP contribution in [0.2, 0.25) is 0 Å². The van der Waals surface area contributed by atoms with Gasteiger partial charge in [0.1, 0.15) is 11.5 Å². The first kappa shape index (κ1) is 15.3. The van der Waals surface area contributed by atoms with Crippen molar-refractivity contribution >= 4 is 0 Å². The van der Waals surface area contributed by atoms with E-state index < -0.39 is 0 Å². The fourth-order valence-corrected chi connectivity index (χ4v) is 2.16. The summed E-state index contributed by atoms with van der Waals surface area (Å²) in [4.78, 5) is 0. The van der Waals surface area contributed by atoms with Crippen LogP contribution in [0, 0.1) is 0 Å². The molecule has 114 valence electrons. The van der Waals surface area contributed by atoms with Gasteiger partial charge in [-0.25, -0.2) is 4.68 Å². The van der Waals surface area contributed by atoms with Crippen LogP contribution in [0.25, 0.3) is 0 Å². The van der Waals surface area contributed by atoms with Crippen molar-refractivity contribution in [1.82, 2.24) is 15.0 Å². The van der Waals surface area contributed by atoms with E-state index in [4.69, 9.17) is 15.2 Å². The highest BCUT2D eigenvalue weighted by atomic mass is 16.5. The van der Waals surface area contributed by atoms with Crippen LogP contribution >= 0.6 is 0 Å². The third-order valence-electron chi connectivity index (χ3n) is 3.30. The van der Waals surface area contributed by atoms with E-state index in [1.807, 2.05) is 35.9 Å². The average Bonchev–Trinajstić information content (AvgIpc) is 2.94. The van der Waals surface area contributed by atoms with E-state index in [1.54, 1.807) is 7.11 Å². The summed E-state index contributed by atoms with van der Waals surface area (Å²) in [7, 11) is 1.65. The fourth-order valence-electron chi connectivity index (χ4n) is 2.16. The molecule has 0 amide bonds. The number of aromatic nitrogens is 3. The van der Waals surface area contributed by atoms with Crippen molar-refractivity contribution < 1.29 is 9.47 Å². The van der Waals surface area contributed by atoms with Crippen LogP contribution in [0.5, 0.6) is 11.5 Å². The highest BCUT2D eigenvalue weighted by molar-refractivity contribution is 5.31. The Morgan fingerprint density at radius 3 is 2.52 bits per heavy atom. The molecule has 21 heavy (non-hydrogen) atoms. The van der Waals surface area contributed by atoms with E-state index in [-0.39, 0.29) is 0 Å². The van der Waals surface area contributed by atoms with E-state index in [0.29, 0.717) is 13.2 Å². The van der Waals surface area contributed by atoms with E-state index >= 15 is 0 Å². The molecule has 0 radical (unpaired) electrons. The summed E-state index contributed by atoms with van der Waals surface area (Å²) in [5.41, 5.74) is 7.67. The Hall–Kier alpha value is -2.08. The van der Waals surface area contributed by atoms with Gasteiger partial charge in [-0.3, -0.25) is 0 Å². The molecule has 0 saturated carbocycles. The Labute approximate surface area is 124 Å². The van der Waals surface area contributed by atoms with Crippen molar-refractivity contribution in [3.05, 3.63) is 35.7 Å². The van der Waals surface area contributed by atoms with E-state index in [0.717, 1.165) is 42.3 Å². The lowest BCUT2D eigenvalue weighted by molar-refractivity contribution is 0.308. The Kier molecular flexibility index (Phi) is 5.57. The minimum absolute atomic E-state index is 0.425.